The molecule has 2 aromatic carbocycles. The number of hydrogen-bond donors (Lipinski definition) is 1. The van der Waals surface area contributed by atoms with Crippen LogP contribution in [0.1, 0.15) is 5.56 Å². The van der Waals surface area contributed by atoms with Crippen molar-refractivity contribution in [3.05, 3.63) is 53.8 Å². The maximum Gasteiger partial charge on any atom is 0.161 e. The molecule has 3 nitrogen and oxygen atoms in total. The molecule has 0 saturated carbocycles. The fourth-order valence-corrected chi connectivity index (χ4v) is 1.93. The number of halogens is 1. The molecule has 20 heavy (non-hydrogen) atoms. The first-order chi connectivity index (χ1) is 9.69. The third-order valence-electron chi connectivity index (χ3n) is 2.80. The van der Waals surface area contributed by atoms with Crippen LogP contribution >= 0.6 is 0 Å². The Morgan fingerprint density at radius 2 is 1.85 bits per heavy atom. The maximum atomic E-state index is 13.2. The molecule has 0 bridgehead atoms. The number of rotatable bonds is 6. The molecule has 0 saturated heterocycles. The second kappa shape index (κ2) is 6.80. The van der Waals surface area contributed by atoms with E-state index in [0.29, 0.717) is 24.7 Å². The zero-order valence-corrected chi connectivity index (χ0v) is 11.7. The first-order valence-electron chi connectivity index (χ1n) is 6.46. The fourth-order valence-electron chi connectivity index (χ4n) is 1.93. The van der Waals surface area contributed by atoms with Crippen LogP contribution in [-0.2, 0) is 0 Å². The predicted octanol–water partition coefficient (Wildman–Crippen LogP) is 3.63. The average molecular weight is 275 g/mol. The Morgan fingerprint density at radius 1 is 1.10 bits per heavy atom. The summed E-state index contributed by atoms with van der Waals surface area (Å²) < 4.78 is 24.0. The number of nitrogens with one attached hydrogen (secondary N) is 1. The van der Waals surface area contributed by atoms with Crippen LogP contribution in [-0.4, -0.2) is 20.3 Å². The zero-order chi connectivity index (χ0) is 14.4. The molecule has 0 fully saturated rings. The first kappa shape index (κ1) is 14.2. The normalized spacial score (nSPS) is 10.2. The van der Waals surface area contributed by atoms with Crippen LogP contribution in [0.15, 0.2) is 42.5 Å². The number of ether oxygens (including phenoxy) is 2. The van der Waals surface area contributed by atoms with Gasteiger partial charge in [0.05, 0.1) is 7.11 Å². The predicted molar refractivity (Wildman–Crippen MR) is 78.1 cm³/mol. The molecule has 0 aliphatic carbocycles. The van der Waals surface area contributed by atoms with Crippen molar-refractivity contribution < 1.29 is 13.9 Å². The molecule has 0 spiro atoms. The van der Waals surface area contributed by atoms with E-state index in [2.05, 4.69) is 5.32 Å². The zero-order valence-electron chi connectivity index (χ0n) is 11.7. The van der Waals surface area contributed by atoms with Gasteiger partial charge >= 0.3 is 0 Å². The highest BCUT2D eigenvalue weighted by Gasteiger charge is 2.02. The Bertz CT molecular complexity index is 552. The minimum absolute atomic E-state index is 0.238. The highest BCUT2D eigenvalue weighted by molar-refractivity contribution is 5.46. The molecule has 2 aromatic rings. The minimum Gasteiger partial charge on any atom is -0.493 e. The van der Waals surface area contributed by atoms with Crippen LogP contribution in [0.2, 0.25) is 0 Å². The van der Waals surface area contributed by atoms with E-state index in [1.165, 1.54) is 12.1 Å². The lowest BCUT2D eigenvalue weighted by Gasteiger charge is -2.11. The van der Waals surface area contributed by atoms with Crippen molar-refractivity contribution in [1.82, 2.24) is 0 Å². The van der Waals surface area contributed by atoms with Crippen LogP contribution < -0.4 is 14.8 Å². The summed E-state index contributed by atoms with van der Waals surface area (Å²) in [4.78, 5) is 0. The molecular weight excluding hydrogens is 257 g/mol. The summed E-state index contributed by atoms with van der Waals surface area (Å²) in [5, 5.41) is 3.13. The summed E-state index contributed by atoms with van der Waals surface area (Å²) in [7, 11) is 1.61. The Morgan fingerprint density at radius 3 is 2.55 bits per heavy atom. The van der Waals surface area contributed by atoms with Crippen LogP contribution in [0.3, 0.4) is 0 Å². The highest BCUT2D eigenvalue weighted by atomic mass is 19.1. The molecule has 0 unspecified atom stereocenters. The topological polar surface area (TPSA) is 30.5 Å². The SMILES string of the molecule is COc1ccccc1OCCNc1cc(C)cc(F)c1. The largest absolute Gasteiger partial charge is 0.493 e. The van der Waals surface area contributed by atoms with E-state index >= 15 is 0 Å². The van der Waals surface area contributed by atoms with Crippen molar-refractivity contribution in [2.75, 3.05) is 25.6 Å². The van der Waals surface area contributed by atoms with Crippen LogP contribution in [0.25, 0.3) is 0 Å². The molecule has 0 aromatic heterocycles. The van der Waals surface area contributed by atoms with E-state index in [4.69, 9.17) is 9.47 Å². The Balaban J connectivity index is 1.84. The fraction of sp³-hybridized carbons (Fsp3) is 0.250. The Kier molecular flexibility index (Phi) is 4.82. The van der Waals surface area contributed by atoms with Crippen molar-refractivity contribution in [2.24, 2.45) is 0 Å². The van der Waals surface area contributed by atoms with Crippen molar-refractivity contribution in [3.63, 3.8) is 0 Å². The lowest BCUT2D eigenvalue weighted by Crippen LogP contribution is -2.12. The van der Waals surface area contributed by atoms with Crippen molar-refractivity contribution in [3.8, 4) is 11.5 Å². The van der Waals surface area contributed by atoms with Gasteiger partial charge in [-0.1, -0.05) is 12.1 Å². The van der Waals surface area contributed by atoms with E-state index in [1.54, 1.807) is 7.11 Å². The van der Waals surface area contributed by atoms with Gasteiger partial charge in [-0.3, -0.25) is 0 Å². The van der Waals surface area contributed by atoms with Crippen molar-refractivity contribution in [2.45, 2.75) is 6.92 Å². The highest BCUT2D eigenvalue weighted by Crippen LogP contribution is 2.25. The summed E-state index contributed by atoms with van der Waals surface area (Å²) in [5.41, 5.74) is 1.64. The number of aryl methyl sites for hydroxylation is 1. The molecule has 0 heterocycles. The molecule has 0 radical (unpaired) electrons. The number of anilines is 1. The first-order valence-corrected chi connectivity index (χ1v) is 6.46. The smallest absolute Gasteiger partial charge is 0.161 e. The lowest BCUT2D eigenvalue weighted by molar-refractivity contribution is 0.306. The molecule has 4 heteroatoms. The van der Waals surface area contributed by atoms with Gasteiger partial charge in [-0.15, -0.1) is 0 Å². The Hall–Kier alpha value is -2.23. The second-order valence-corrected chi connectivity index (χ2v) is 4.44. The average Bonchev–Trinajstić information content (AvgIpc) is 2.43. The number of benzene rings is 2. The second-order valence-electron chi connectivity index (χ2n) is 4.44. The molecule has 0 aliphatic rings. The van der Waals surface area contributed by atoms with Gasteiger partial charge in [0.15, 0.2) is 11.5 Å². The molecule has 106 valence electrons. The van der Waals surface area contributed by atoms with E-state index in [0.717, 1.165) is 11.3 Å². The van der Waals surface area contributed by atoms with Crippen molar-refractivity contribution in [1.29, 1.82) is 0 Å². The molecule has 0 amide bonds. The monoisotopic (exact) mass is 275 g/mol. The lowest BCUT2D eigenvalue weighted by atomic mass is 10.2. The van der Waals surface area contributed by atoms with Gasteiger partial charge in [0.2, 0.25) is 0 Å². The molecule has 2 rings (SSSR count). The number of methoxy groups -OCH3 is 1. The molecule has 0 atom stereocenters. The third-order valence-corrected chi connectivity index (χ3v) is 2.80. The van der Waals surface area contributed by atoms with Gasteiger partial charge in [0, 0.05) is 12.2 Å². The molecule has 0 aliphatic heterocycles. The minimum atomic E-state index is -0.238. The van der Waals surface area contributed by atoms with E-state index in [9.17, 15) is 4.39 Å². The molecular formula is C16H18FNO2. The van der Waals surface area contributed by atoms with E-state index < -0.39 is 0 Å². The quantitative estimate of drug-likeness (QED) is 0.817. The summed E-state index contributed by atoms with van der Waals surface area (Å²) in [6.45, 7) is 2.91. The van der Waals surface area contributed by atoms with Gasteiger partial charge in [0.1, 0.15) is 12.4 Å². The third kappa shape index (κ3) is 3.88. The van der Waals surface area contributed by atoms with E-state index in [1.807, 2.05) is 37.3 Å². The summed E-state index contributed by atoms with van der Waals surface area (Å²) >= 11 is 0. The standard InChI is InChI=1S/C16H18FNO2/c1-12-9-13(17)11-14(10-12)18-7-8-20-16-6-4-3-5-15(16)19-2/h3-6,9-11,18H,7-8H2,1-2H3. The van der Waals surface area contributed by atoms with Crippen LogP contribution in [0.5, 0.6) is 11.5 Å². The van der Waals surface area contributed by atoms with Gasteiger partial charge < -0.3 is 14.8 Å². The summed E-state index contributed by atoms with van der Waals surface area (Å²) in [5.74, 6) is 1.17. The van der Waals surface area contributed by atoms with Gasteiger partial charge in [0.25, 0.3) is 0 Å². The molecule has 1 N–H and O–H groups in total. The Labute approximate surface area is 118 Å². The van der Waals surface area contributed by atoms with Crippen LogP contribution in [0, 0.1) is 12.7 Å². The van der Waals surface area contributed by atoms with Gasteiger partial charge in [-0.05, 0) is 42.8 Å². The summed E-state index contributed by atoms with van der Waals surface area (Å²) in [6.07, 6.45) is 0. The number of hydrogen-bond acceptors (Lipinski definition) is 3. The van der Waals surface area contributed by atoms with E-state index in [-0.39, 0.29) is 5.82 Å². The number of para-hydroxylation sites is 2. The van der Waals surface area contributed by atoms with Crippen LogP contribution in [0.4, 0.5) is 10.1 Å². The van der Waals surface area contributed by atoms with Crippen molar-refractivity contribution >= 4 is 5.69 Å². The van der Waals surface area contributed by atoms with Gasteiger partial charge in [-0.25, -0.2) is 4.39 Å². The summed E-state index contributed by atoms with van der Waals surface area (Å²) in [6, 6.07) is 12.3. The van der Waals surface area contributed by atoms with Gasteiger partial charge in [-0.2, -0.15) is 0 Å². The maximum absolute atomic E-state index is 13.2.